The minimum Gasteiger partial charge on any atom is -0.349 e. The SMILES string of the molecule is Cc1nn([C@H]2CCS(=O)(=O)C2)c2nc(-c3cccs3)cc(C(=O)N[C@H]3CCCC[C@@H]3C)c12. The molecular weight excluding hydrogens is 444 g/mol. The predicted octanol–water partition coefficient (Wildman–Crippen LogP) is 4.14. The van der Waals surface area contributed by atoms with E-state index in [-0.39, 0.29) is 29.5 Å². The summed E-state index contributed by atoms with van der Waals surface area (Å²) in [5, 5.41) is 10.7. The van der Waals surface area contributed by atoms with E-state index in [9.17, 15) is 13.2 Å². The molecule has 0 unspecified atom stereocenters. The Kier molecular flexibility index (Phi) is 5.57. The number of fused-ring (bicyclic) bond motifs is 1. The Morgan fingerprint density at radius 2 is 2.06 bits per heavy atom. The number of thiophene rings is 1. The number of amides is 1. The van der Waals surface area contributed by atoms with Crippen molar-refractivity contribution in [3.8, 4) is 10.6 Å². The third-order valence-electron chi connectivity index (χ3n) is 6.84. The molecule has 2 aliphatic rings. The maximum Gasteiger partial charge on any atom is 0.252 e. The van der Waals surface area contributed by atoms with E-state index >= 15 is 0 Å². The summed E-state index contributed by atoms with van der Waals surface area (Å²) < 4.78 is 26.0. The summed E-state index contributed by atoms with van der Waals surface area (Å²) in [4.78, 5) is 19.4. The predicted molar refractivity (Wildman–Crippen MR) is 127 cm³/mol. The number of sulfone groups is 1. The van der Waals surface area contributed by atoms with Crippen molar-refractivity contribution in [2.45, 2.75) is 58.0 Å². The first kappa shape index (κ1) is 21.6. The lowest BCUT2D eigenvalue weighted by Crippen LogP contribution is -2.41. The molecule has 0 bridgehead atoms. The van der Waals surface area contributed by atoms with Crippen molar-refractivity contribution in [1.29, 1.82) is 0 Å². The number of nitrogens with zero attached hydrogens (tertiary/aromatic N) is 3. The smallest absolute Gasteiger partial charge is 0.252 e. The summed E-state index contributed by atoms with van der Waals surface area (Å²) in [5.41, 5.74) is 2.59. The Labute approximate surface area is 192 Å². The van der Waals surface area contributed by atoms with Gasteiger partial charge < -0.3 is 5.32 Å². The molecular formula is C23H28N4O3S2. The standard InChI is InChI=1S/C23H28N4O3S2/c1-14-6-3-4-7-18(14)25-23(28)17-12-19(20-8-5-10-31-20)24-22-21(17)15(2)26-27(22)16-9-11-32(29,30)13-16/h5,8,10,12,14,16,18H,3-4,6-7,9,11,13H2,1-2H3,(H,25,28)/t14-,16-,18-/m0/s1. The molecule has 9 heteroatoms. The highest BCUT2D eigenvalue weighted by Crippen LogP contribution is 2.33. The summed E-state index contributed by atoms with van der Waals surface area (Å²) in [6, 6.07) is 5.72. The lowest BCUT2D eigenvalue weighted by Gasteiger charge is -2.29. The summed E-state index contributed by atoms with van der Waals surface area (Å²) in [7, 11) is -3.07. The van der Waals surface area contributed by atoms with Gasteiger partial charge in [-0.3, -0.25) is 4.79 Å². The van der Waals surface area contributed by atoms with Crippen molar-refractivity contribution < 1.29 is 13.2 Å². The maximum absolute atomic E-state index is 13.5. The van der Waals surface area contributed by atoms with Gasteiger partial charge in [0.2, 0.25) is 0 Å². The molecule has 1 amide bonds. The Balaban J connectivity index is 1.62. The zero-order valence-corrected chi connectivity index (χ0v) is 20.0. The zero-order chi connectivity index (χ0) is 22.5. The molecule has 3 atom stereocenters. The van der Waals surface area contributed by atoms with E-state index in [0.717, 1.165) is 35.2 Å². The fourth-order valence-electron chi connectivity index (χ4n) is 5.04. The monoisotopic (exact) mass is 472 g/mol. The molecule has 7 nitrogen and oxygen atoms in total. The summed E-state index contributed by atoms with van der Waals surface area (Å²) in [6.45, 7) is 4.07. The molecule has 1 saturated heterocycles. The molecule has 32 heavy (non-hydrogen) atoms. The number of rotatable bonds is 4. The number of pyridine rings is 1. The molecule has 1 aliphatic heterocycles. The minimum atomic E-state index is -3.07. The van der Waals surface area contributed by atoms with Gasteiger partial charge in [0.1, 0.15) is 0 Å². The molecule has 0 radical (unpaired) electrons. The minimum absolute atomic E-state index is 0.0647. The average molecular weight is 473 g/mol. The van der Waals surface area contributed by atoms with Crippen molar-refractivity contribution >= 4 is 38.1 Å². The van der Waals surface area contributed by atoms with E-state index in [4.69, 9.17) is 4.98 Å². The molecule has 1 saturated carbocycles. The first-order valence-corrected chi connectivity index (χ1v) is 14.0. The van der Waals surface area contributed by atoms with Gasteiger partial charge in [0.05, 0.1) is 44.8 Å². The van der Waals surface area contributed by atoms with Gasteiger partial charge in [-0.05, 0) is 49.6 Å². The third-order valence-corrected chi connectivity index (χ3v) is 9.48. The number of aryl methyl sites for hydroxylation is 1. The number of carbonyl (C=O) groups excluding carboxylic acids is 1. The van der Waals surface area contributed by atoms with Crippen molar-refractivity contribution in [2.24, 2.45) is 5.92 Å². The van der Waals surface area contributed by atoms with Gasteiger partial charge in [-0.2, -0.15) is 5.10 Å². The van der Waals surface area contributed by atoms with Crippen LogP contribution in [-0.4, -0.2) is 46.6 Å². The Morgan fingerprint density at radius 1 is 1.25 bits per heavy atom. The van der Waals surface area contributed by atoms with Crippen molar-refractivity contribution in [3.05, 3.63) is 34.8 Å². The number of hydrogen-bond donors (Lipinski definition) is 1. The Hall–Kier alpha value is -2.26. The van der Waals surface area contributed by atoms with Gasteiger partial charge in [0.15, 0.2) is 15.5 Å². The van der Waals surface area contributed by atoms with Gasteiger partial charge in [-0.25, -0.2) is 18.1 Å². The Bertz CT molecular complexity index is 1260. The van der Waals surface area contributed by atoms with Crippen LogP contribution in [0, 0.1) is 12.8 Å². The number of nitrogens with one attached hydrogen (secondary N) is 1. The van der Waals surface area contributed by atoms with Crippen LogP contribution in [0.5, 0.6) is 0 Å². The van der Waals surface area contributed by atoms with Crippen molar-refractivity contribution in [1.82, 2.24) is 20.1 Å². The van der Waals surface area contributed by atoms with E-state index in [2.05, 4.69) is 17.3 Å². The van der Waals surface area contributed by atoms with Gasteiger partial charge in [0.25, 0.3) is 5.91 Å². The first-order chi connectivity index (χ1) is 15.3. The van der Waals surface area contributed by atoms with E-state index in [1.165, 1.54) is 6.42 Å². The van der Waals surface area contributed by atoms with Crippen LogP contribution < -0.4 is 5.32 Å². The van der Waals surface area contributed by atoms with E-state index in [0.29, 0.717) is 29.2 Å². The molecule has 1 aliphatic carbocycles. The third kappa shape index (κ3) is 3.96. The van der Waals surface area contributed by atoms with Gasteiger partial charge in [0, 0.05) is 6.04 Å². The van der Waals surface area contributed by atoms with Crippen LogP contribution in [0.25, 0.3) is 21.6 Å². The number of aromatic nitrogens is 3. The molecule has 1 N–H and O–H groups in total. The normalized spacial score (nSPS) is 25.2. The van der Waals surface area contributed by atoms with Crippen LogP contribution >= 0.6 is 11.3 Å². The zero-order valence-electron chi connectivity index (χ0n) is 18.4. The number of hydrogen-bond acceptors (Lipinski definition) is 6. The van der Waals surface area contributed by atoms with E-state index < -0.39 is 9.84 Å². The first-order valence-electron chi connectivity index (χ1n) is 11.3. The van der Waals surface area contributed by atoms with Crippen LogP contribution in [0.15, 0.2) is 23.6 Å². The van der Waals surface area contributed by atoms with Crippen LogP contribution in [0.1, 0.15) is 61.1 Å². The van der Waals surface area contributed by atoms with E-state index in [1.807, 2.05) is 30.5 Å². The van der Waals surface area contributed by atoms with Crippen LogP contribution in [0.2, 0.25) is 0 Å². The second kappa shape index (κ2) is 8.26. The second-order valence-corrected chi connectivity index (χ2v) is 12.3. The van der Waals surface area contributed by atoms with Crippen LogP contribution in [0.3, 0.4) is 0 Å². The van der Waals surface area contributed by atoms with E-state index in [1.54, 1.807) is 16.0 Å². The number of carbonyl (C=O) groups is 1. The van der Waals surface area contributed by atoms with Crippen molar-refractivity contribution in [3.63, 3.8) is 0 Å². The molecule has 170 valence electrons. The molecule has 3 aromatic rings. The topological polar surface area (TPSA) is 93.9 Å². The lowest BCUT2D eigenvalue weighted by molar-refractivity contribution is 0.0912. The summed E-state index contributed by atoms with van der Waals surface area (Å²) >= 11 is 1.57. The lowest BCUT2D eigenvalue weighted by atomic mass is 9.86. The van der Waals surface area contributed by atoms with Gasteiger partial charge in [-0.15, -0.1) is 11.3 Å². The second-order valence-electron chi connectivity index (χ2n) is 9.16. The highest BCUT2D eigenvalue weighted by atomic mass is 32.2. The average Bonchev–Trinajstić information content (AvgIpc) is 3.48. The molecule has 5 rings (SSSR count). The van der Waals surface area contributed by atoms with Crippen LogP contribution in [0.4, 0.5) is 0 Å². The molecule has 2 fully saturated rings. The fraction of sp³-hybridized carbons (Fsp3) is 0.522. The Morgan fingerprint density at radius 3 is 2.75 bits per heavy atom. The highest BCUT2D eigenvalue weighted by Gasteiger charge is 2.33. The highest BCUT2D eigenvalue weighted by molar-refractivity contribution is 7.91. The molecule has 3 aromatic heterocycles. The largest absolute Gasteiger partial charge is 0.349 e. The van der Waals surface area contributed by atoms with Crippen LogP contribution in [-0.2, 0) is 9.84 Å². The fourth-order valence-corrected chi connectivity index (χ4v) is 7.42. The maximum atomic E-state index is 13.5. The molecule has 0 aromatic carbocycles. The van der Waals surface area contributed by atoms with Gasteiger partial charge in [-0.1, -0.05) is 25.8 Å². The quantitative estimate of drug-likeness (QED) is 0.616. The summed E-state index contributed by atoms with van der Waals surface area (Å²) in [5.74, 6) is 0.579. The van der Waals surface area contributed by atoms with Crippen molar-refractivity contribution in [2.75, 3.05) is 11.5 Å². The summed E-state index contributed by atoms with van der Waals surface area (Å²) in [6.07, 6.45) is 4.99. The molecule has 0 spiro atoms. The van der Waals surface area contributed by atoms with Gasteiger partial charge >= 0.3 is 0 Å². The molecule has 4 heterocycles.